The molecule has 7 heteroatoms. The lowest BCUT2D eigenvalue weighted by atomic mass is 9.89. The van der Waals surface area contributed by atoms with E-state index in [-0.39, 0.29) is 18.3 Å². The number of pyridine rings is 1. The molecular formula is C15H13BN4O2. The molecule has 0 saturated carbocycles. The van der Waals surface area contributed by atoms with E-state index in [4.69, 9.17) is 4.52 Å². The summed E-state index contributed by atoms with van der Waals surface area (Å²) in [5.41, 5.74) is 2.81. The molecule has 108 valence electrons. The van der Waals surface area contributed by atoms with E-state index in [0.29, 0.717) is 5.82 Å². The van der Waals surface area contributed by atoms with Crippen molar-refractivity contribution in [3.8, 4) is 11.4 Å². The maximum atomic E-state index is 12.0. The monoisotopic (exact) mass is 292 g/mol. The van der Waals surface area contributed by atoms with E-state index in [1.54, 1.807) is 24.5 Å². The van der Waals surface area contributed by atoms with Gasteiger partial charge in [0.15, 0.2) is 0 Å². The number of hydrogen-bond acceptors (Lipinski definition) is 5. The van der Waals surface area contributed by atoms with Gasteiger partial charge in [-0.15, -0.1) is 0 Å². The zero-order valence-electron chi connectivity index (χ0n) is 12.0. The summed E-state index contributed by atoms with van der Waals surface area (Å²) in [5, 5.41) is 6.45. The summed E-state index contributed by atoms with van der Waals surface area (Å²) in [6, 6.07) is 11.4. The zero-order valence-corrected chi connectivity index (χ0v) is 12.0. The Morgan fingerprint density at radius 3 is 2.73 bits per heavy atom. The fourth-order valence-corrected chi connectivity index (χ4v) is 2.04. The molecule has 22 heavy (non-hydrogen) atoms. The molecule has 3 aromatic rings. The smallest absolute Gasteiger partial charge is 0.315 e. The molecule has 0 fully saturated rings. The van der Waals surface area contributed by atoms with Crippen LogP contribution in [0.4, 0.5) is 6.01 Å². The van der Waals surface area contributed by atoms with E-state index in [0.717, 1.165) is 16.6 Å². The molecule has 0 unspecified atom stereocenters. The van der Waals surface area contributed by atoms with Gasteiger partial charge in [-0.3, -0.25) is 15.1 Å². The van der Waals surface area contributed by atoms with Gasteiger partial charge < -0.3 is 4.52 Å². The van der Waals surface area contributed by atoms with Gasteiger partial charge in [-0.2, -0.15) is 4.98 Å². The van der Waals surface area contributed by atoms with Crippen LogP contribution in [-0.4, -0.2) is 28.9 Å². The first kappa shape index (κ1) is 14.0. The van der Waals surface area contributed by atoms with Gasteiger partial charge in [0.1, 0.15) is 7.85 Å². The second kappa shape index (κ2) is 6.21. The summed E-state index contributed by atoms with van der Waals surface area (Å²) in [6.45, 7) is 0. The van der Waals surface area contributed by atoms with Crippen LogP contribution in [0.1, 0.15) is 5.56 Å². The van der Waals surface area contributed by atoms with Crippen molar-refractivity contribution in [2.45, 2.75) is 6.42 Å². The molecule has 1 aromatic carbocycles. The van der Waals surface area contributed by atoms with Crippen LogP contribution in [0.15, 0.2) is 53.3 Å². The number of carbonyl (C=O) groups excluding carboxylic acids is 1. The van der Waals surface area contributed by atoms with Crippen LogP contribution in [0.2, 0.25) is 0 Å². The number of amides is 1. The fourth-order valence-electron chi connectivity index (χ4n) is 2.04. The summed E-state index contributed by atoms with van der Waals surface area (Å²) < 4.78 is 5.04. The van der Waals surface area contributed by atoms with Crippen LogP contribution < -0.4 is 10.8 Å². The number of rotatable bonds is 4. The summed E-state index contributed by atoms with van der Waals surface area (Å²) in [7, 11) is 1.97. The van der Waals surface area contributed by atoms with Crippen molar-refractivity contribution < 1.29 is 9.32 Å². The molecule has 0 aliphatic rings. The lowest BCUT2D eigenvalue weighted by Crippen LogP contribution is -2.19. The van der Waals surface area contributed by atoms with Gasteiger partial charge in [0, 0.05) is 18.0 Å². The average Bonchev–Trinajstić information content (AvgIpc) is 2.99. The summed E-state index contributed by atoms with van der Waals surface area (Å²) in [4.78, 5) is 20.1. The van der Waals surface area contributed by atoms with Gasteiger partial charge in [0.2, 0.25) is 11.7 Å². The highest BCUT2D eigenvalue weighted by Gasteiger charge is 2.12. The zero-order chi connectivity index (χ0) is 15.4. The Morgan fingerprint density at radius 2 is 1.95 bits per heavy atom. The Balaban J connectivity index is 1.68. The molecule has 2 heterocycles. The summed E-state index contributed by atoms with van der Waals surface area (Å²) in [5.74, 6) is 0.216. The number of aromatic nitrogens is 3. The van der Waals surface area contributed by atoms with Gasteiger partial charge in [0.05, 0.1) is 6.42 Å². The largest absolute Gasteiger partial charge is 0.328 e. The van der Waals surface area contributed by atoms with E-state index in [9.17, 15) is 4.79 Å². The maximum Gasteiger partial charge on any atom is 0.328 e. The quantitative estimate of drug-likeness (QED) is 0.711. The number of nitrogens with zero attached hydrogens (tertiary/aromatic N) is 3. The van der Waals surface area contributed by atoms with E-state index in [1.165, 1.54) is 0 Å². The van der Waals surface area contributed by atoms with Crippen molar-refractivity contribution >= 4 is 25.2 Å². The second-order valence-corrected chi connectivity index (χ2v) is 4.81. The van der Waals surface area contributed by atoms with E-state index < -0.39 is 0 Å². The molecule has 6 nitrogen and oxygen atoms in total. The molecule has 0 spiro atoms. The van der Waals surface area contributed by atoms with Crippen molar-refractivity contribution in [1.29, 1.82) is 0 Å². The van der Waals surface area contributed by atoms with Crippen molar-refractivity contribution in [3.63, 3.8) is 0 Å². The van der Waals surface area contributed by atoms with Crippen LogP contribution in [0.25, 0.3) is 11.4 Å². The van der Waals surface area contributed by atoms with E-state index >= 15 is 0 Å². The highest BCUT2D eigenvalue weighted by molar-refractivity contribution is 6.33. The minimum absolute atomic E-state index is 0.0883. The fraction of sp³-hybridized carbons (Fsp3) is 0.0667. The minimum Gasteiger partial charge on any atom is -0.315 e. The summed E-state index contributed by atoms with van der Waals surface area (Å²) in [6.07, 6.45) is 3.55. The van der Waals surface area contributed by atoms with E-state index in [2.05, 4.69) is 20.4 Å². The van der Waals surface area contributed by atoms with Gasteiger partial charge in [-0.1, -0.05) is 34.9 Å². The number of hydrogen-bond donors (Lipinski definition) is 1. The highest BCUT2D eigenvalue weighted by Crippen LogP contribution is 2.16. The number of carbonyl (C=O) groups is 1. The molecule has 0 atom stereocenters. The first-order valence-electron chi connectivity index (χ1n) is 6.81. The lowest BCUT2D eigenvalue weighted by Gasteiger charge is -2.04. The van der Waals surface area contributed by atoms with Crippen LogP contribution in [0.5, 0.6) is 0 Å². The minimum atomic E-state index is -0.195. The van der Waals surface area contributed by atoms with Crippen LogP contribution >= 0.6 is 0 Å². The average molecular weight is 292 g/mol. The third kappa shape index (κ3) is 3.20. The topological polar surface area (TPSA) is 80.9 Å². The Hall–Kier alpha value is -2.96. The SMILES string of the molecule is Bc1ccccc1CC(=O)Nc1nc(-c2ccncc2)no1. The first-order valence-corrected chi connectivity index (χ1v) is 6.81. The van der Waals surface area contributed by atoms with Crippen LogP contribution in [-0.2, 0) is 11.2 Å². The third-order valence-electron chi connectivity index (χ3n) is 3.22. The third-order valence-corrected chi connectivity index (χ3v) is 3.22. The molecule has 0 bridgehead atoms. The Kier molecular flexibility index (Phi) is 3.96. The van der Waals surface area contributed by atoms with Crippen LogP contribution in [0.3, 0.4) is 0 Å². The van der Waals surface area contributed by atoms with Crippen LogP contribution in [0, 0.1) is 0 Å². The normalized spacial score (nSPS) is 10.4. The molecule has 3 rings (SSSR count). The molecule has 0 saturated heterocycles. The van der Waals surface area contributed by atoms with Gasteiger partial charge in [-0.05, 0) is 17.7 Å². The van der Waals surface area contributed by atoms with Gasteiger partial charge in [0.25, 0.3) is 0 Å². The molecule has 1 amide bonds. The van der Waals surface area contributed by atoms with Crippen molar-refractivity contribution in [2.24, 2.45) is 0 Å². The molecule has 0 radical (unpaired) electrons. The van der Waals surface area contributed by atoms with Crippen molar-refractivity contribution in [2.75, 3.05) is 5.32 Å². The Bertz CT molecular complexity index is 789. The molecule has 0 aliphatic heterocycles. The Labute approximate surface area is 128 Å². The predicted octanol–water partition coefficient (Wildman–Crippen LogP) is 0.571. The maximum absolute atomic E-state index is 12.0. The molecular weight excluding hydrogens is 279 g/mol. The van der Waals surface area contributed by atoms with Crippen molar-refractivity contribution in [3.05, 3.63) is 54.4 Å². The predicted molar refractivity (Wildman–Crippen MR) is 84.5 cm³/mol. The summed E-state index contributed by atoms with van der Waals surface area (Å²) >= 11 is 0. The molecule has 1 N–H and O–H groups in total. The highest BCUT2D eigenvalue weighted by atomic mass is 16.5. The lowest BCUT2D eigenvalue weighted by molar-refractivity contribution is -0.115. The first-order chi connectivity index (χ1) is 10.7. The standard InChI is InChI=1S/C15H13BN4O2/c16-12-4-2-1-3-11(12)9-13(21)18-15-19-14(20-22-15)10-5-7-17-8-6-10/h1-8H,9,16H2,(H,18,19,20,21). The van der Waals surface area contributed by atoms with E-state index in [1.807, 2.05) is 32.1 Å². The number of benzene rings is 1. The van der Waals surface area contributed by atoms with Gasteiger partial charge in [-0.25, -0.2) is 0 Å². The molecule has 2 aromatic heterocycles. The Morgan fingerprint density at radius 1 is 1.18 bits per heavy atom. The van der Waals surface area contributed by atoms with Crippen molar-refractivity contribution in [1.82, 2.24) is 15.1 Å². The number of nitrogens with one attached hydrogen (secondary N) is 1. The van der Waals surface area contributed by atoms with Gasteiger partial charge >= 0.3 is 6.01 Å². The molecule has 0 aliphatic carbocycles. The second-order valence-electron chi connectivity index (χ2n) is 4.81. The number of anilines is 1.